The van der Waals surface area contributed by atoms with Gasteiger partial charge in [-0.3, -0.25) is 9.47 Å². The standard InChI is InChI=1S/C21H31N5O/c1-16(2)9-10-22-21(27)26-15-23-20-18(7-5-8-19(20)26)25-13-12-24-11-4-3-6-17(24)14-25/h5,7-8,15-17H,3-4,6,9-14H2,1-2H3,(H,22,27). The molecule has 2 aliphatic rings. The molecule has 0 saturated carbocycles. The summed E-state index contributed by atoms with van der Waals surface area (Å²) in [4.78, 5) is 22.3. The number of fused-ring (bicyclic) bond motifs is 2. The number of piperidine rings is 1. The lowest BCUT2D eigenvalue weighted by molar-refractivity contribution is 0.133. The minimum Gasteiger partial charge on any atom is -0.367 e. The summed E-state index contributed by atoms with van der Waals surface area (Å²) >= 11 is 0. The first kappa shape index (κ1) is 18.3. The van der Waals surface area contributed by atoms with Crippen molar-refractivity contribution in [3.63, 3.8) is 0 Å². The Morgan fingerprint density at radius 2 is 2.15 bits per heavy atom. The molecule has 1 atom stereocenters. The molecule has 2 fully saturated rings. The van der Waals surface area contributed by atoms with Crippen molar-refractivity contribution in [2.24, 2.45) is 5.92 Å². The largest absolute Gasteiger partial charge is 0.367 e. The zero-order valence-corrected chi connectivity index (χ0v) is 16.5. The topological polar surface area (TPSA) is 53.4 Å². The summed E-state index contributed by atoms with van der Waals surface area (Å²) < 4.78 is 1.65. The molecular formula is C21H31N5O. The third-order valence-corrected chi connectivity index (χ3v) is 5.95. The zero-order valence-electron chi connectivity index (χ0n) is 16.5. The maximum Gasteiger partial charge on any atom is 0.327 e. The number of imidazole rings is 1. The number of benzene rings is 1. The molecule has 0 spiro atoms. The van der Waals surface area contributed by atoms with Crippen molar-refractivity contribution in [2.45, 2.75) is 45.6 Å². The molecule has 2 aromatic rings. The van der Waals surface area contributed by atoms with Gasteiger partial charge in [0.15, 0.2) is 0 Å². The van der Waals surface area contributed by atoms with Gasteiger partial charge in [0.1, 0.15) is 11.8 Å². The third kappa shape index (κ3) is 3.81. The monoisotopic (exact) mass is 369 g/mol. The van der Waals surface area contributed by atoms with Crippen molar-refractivity contribution < 1.29 is 4.79 Å². The summed E-state index contributed by atoms with van der Waals surface area (Å²) in [5, 5.41) is 3.01. The number of piperazine rings is 1. The summed E-state index contributed by atoms with van der Waals surface area (Å²) in [6, 6.07) is 6.75. The van der Waals surface area contributed by atoms with Gasteiger partial charge in [-0.25, -0.2) is 9.78 Å². The molecule has 1 aromatic heterocycles. The van der Waals surface area contributed by atoms with Crippen LogP contribution in [0.15, 0.2) is 24.5 Å². The highest BCUT2D eigenvalue weighted by atomic mass is 16.2. The molecule has 1 unspecified atom stereocenters. The summed E-state index contributed by atoms with van der Waals surface area (Å²) in [6.45, 7) is 9.48. The first-order valence-corrected chi connectivity index (χ1v) is 10.4. The van der Waals surface area contributed by atoms with Gasteiger partial charge in [-0.15, -0.1) is 0 Å². The quantitative estimate of drug-likeness (QED) is 0.898. The average Bonchev–Trinajstić information content (AvgIpc) is 3.11. The molecule has 0 radical (unpaired) electrons. The number of rotatable bonds is 4. The Kier molecular flexibility index (Phi) is 5.34. The van der Waals surface area contributed by atoms with Crippen LogP contribution in [0.2, 0.25) is 0 Å². The van der Waals surface area contributed by atoms with E-state index in [1.165, 1.54) is 25.8 Å². The molecule has 2 aliphatic heterocycles. The van der Waals surface area contributed by atoms with E-state index in [9.17, 15) is 4.79 Å². The van der Waals surface area contributed by atoms with Crippen LogP contribution in [0.3, 0.4) is 0 Å². The predicted molar refractivity (Wildman–Crippen MR) is 109 cm³/mol. The van der Waals surface area contributed by atoms with Crippen LogP contribution in [-0.2, 0) is 0 Å². The van der Waals surface area contributed by atoms with Crippen LogP contribution in [-0.4, -0.2) is 59.2 Å². The smallest absolute Gasteiger partial charge is 0.327 e. The number of nitrogens with zero attached hydrogens (tertiary/aromatic N) is 4. The second-order valence-corrected chi connectivity index (χ2v) is 8.31. The number of hydrogen-bond acceptors (Lipinski definition) is 4. The van der Waals surface area contributed by atoms with E-state index in [1.807, 2.05) is 12.1 Å². The molecule has 4 rings (SSSR count). The Bertz CT molecular complexity index is 799. The number of aromatic nitrogens is 2. The van der Waals surface area contributed by atoms with Gasteiger partial charge in [0, 0.05) is 32.2 Å². The maximum absolute atomic E-state index is 12.6. The molecule has 1 aromatic carbocycles. The first-order valence-electron chi connectivity index (χ1n) is 10.4. The summed E-state index contributed by atoms with van der Waals surface area (Å²) in [5.74, 6) is 0.579. The summed E-state index contributed by atoms with van der Waals surface area (Å²) in [7, 11) is 0. The molecule has 6 nitrogen and oxygen atoms in total. The van der Waals surface area contributed by atoms with Crippen molar-refractivity contribution in [3.05, 3.63) is 24.5 Å². The predicted octanol–water partition coefficient (Wildman–Crippen LogP) is 3.31. The Balaban J connectivity index is 1.53. The summed E-state index contributed by atoms with van der Waals surface area (Å²) in [6.07, 6.45) is 6.61. The highest BCUT2D eigenvalue weighted by Gasteiger charge is 2.30. The van der Waals surface area contributed by atoms with E-state index in [0.717, 1.165) is 42.8 Å². The molecular weight excluding hydrogens is 338 g/mol. The van der Waals surface area contributed by atoms with E-state index in [0.29, 0.717) is 18.5 Å². The van der Waals surface area contributed by atoms with E-state index in [1.54, 1.807) is 10.9 Å². The lowest BCUT2D eigenvalue weighted by Crippen LogP contribution is -2.54. The van der Waals surface area contributed by atoms with E-state index in [-0.39, 0.29) is 6.03 Å². The maximum atomic E-state index is 12.6. The molecule has 1 N–H and O–H groups in total. The van der Waals surface area contributed by atoms with Gasteiger partial charge < -0.3 is 10.2 Å². The number of amides is 1. The normalized spacial score (nSPS) is 20.9. The number of hydrogen-bond donors (Lipinski definition) is 1. The van der Waals surface area contributed by atoms with Crippen molar-refractivity contribution >= 4 is 22.8 Å². The fourth-order valence-electron chi connectivity index (χ4n) is 4.37. The molecule has 2 saturated heterocycles. The molecule has 27 heavy (non-hydrogen) atoms. The lowest BCUT2D eigenvalue weighted by atomic mass is 9.99. The SMILES string of the molecule is CC(C)CCNC(=O)n1cnc2c(N3CCN4CCCCC4C3)cccc21. The van der Waals surface area contributed by atoms with Crippen LogP contribution >= 0.6 is 0 Å². The number of para-hydroxylation sites is 1. The molecule has 0 bridgehead atoms. The van der Waals surface area contributed by atoms with E-state index in [4.69, 9.17) is 0 Å². The van der Waals surface area contributed by atoms with Gasteiger partial charge in [0.05, 0.1) is 11.2 Å². The molecule has 146 valence electrons. The highest BCUT2D eigenvalue weighted by Crippen LogP contribution is 2.29. The number of anilines is 1. The van der Waals surface area contributed by atoms with Crippen molar-refractivity contribution in [2.75, 3.05) is 37.6 Å². The van der Waals surface area contributed by atoms with E-state index >= 15 is 0 Å². The molecule has 6 heteroatoms. The molecule has 1 amide bonds. The zero-order chi connectivity index (χ0) is 18.8. The second kappa shape index (κ2) is 7.89. The van der Waals surface area contributed by atoms with Gasteiger partial charge in [-0.2, -0.15) is 0 Å². The van der Waals surface area contributed by atoms with Gasteiger partial charge in [0.2, 0.25) is 0 Å². The Morgan fingerprint density at radius 1 is 1.26 bits per heavy atom. The second-order valence-electron chi connectivity index (χ2n) is 8.31. The summed E-state index contributed by atoms with van der Waals surface area (Å²) in [5.41, 5.74) is 2.98. The lowest BCUT2D eigenvalue weighted by Gasteiger charge is -2.44. The first-order chi connectivity index (χ1) is 13.1. The minimum atomic E-state index is -0.0904. The third-order valence-electron chi connectivity index (χ3n) is 5.95. The fourth-order valence-corrected chi connectivity index (χ4v) is 4.37. The van der Waals surface area contributed by atoms with Gasteiger partial charge >= 0.3 is 6.03 Å². The Labute approximate surface area is 161 Å². The van der Waals surface area contributed by atoms with Crippen LogP contribution < -0.4 is 10.2 Å². The van der Waals surface area contributed by atoms with Gasteiger partial charge in [0.25, 0.3) is 0 Å². The molecule has 3 heterocycles. The van der Waals surface area contributed by atoms with Gasteiger partial charge in [-0.05, 0) is 43.9 Å². The van der Waals surface area contributed by atoms with Crippen molar-refractivity contribution in [3.8, 4) is 0 Å². The highest BCUT2D eigenvalue weighted by molar-refractivity contribution is 5.95. The van der Waals surface area contributed by atoms with Crippen LogP contribution in [0.25, 0.3) is 11.0 Å². The average molecular weight is 370 g/mol. The van der Waals surface area contributed by atoms with Crippen molar-refractivity contribution in [1.29, 1.82) is 0 Å². The number of carbonyl (C=O) groups excluding carboxylic acids is 1. The fraction of sp³-hybridized carbons (Fsp3) is 0.619. The van der Waals surface area contributed by atoms with Crippen LogP contribution in [0.1, 0.15) is 39.5 Å². The Hall–Kier alpha value is -2.08. The van der Waals surface area contributed by atoms with Crippen LogP contribution in [0.5, 0.6) is 0 Å². The van der Waals surface area contributed by atoms with Crippen LogP contribution in [0.4, 0.5) is 10.5 Å². The Morgan fingerprint density at radius 3 is 3.00 bits per heavy atom. The van der Waals surface area contributed by atoms with E-state index in [2.05, 4.69) is 40.0 Å². The minimum absolute atomic E-state index is 0.0904. The van der Waals surface area contributed by atoms with E-state index < -0.39 is 0 Å². The van der Waals surface area contributed by atoms with Crippen molar-refractivity contribution in [1.82, 2.24) is 19.8 Å². The molecule has 0 aliphatic carbocycles. The number of nitrogens with one attached hydrogen (secondary N) is 1. The number of carbonyl (C=O) groups is 1. The van der Waals surface area contributed by atoms with Gasteiger partial charge in [-0.1, -0.05) is 26.3 Å². The van der Waals surface area contributed by atoms with Crippen LogP contribution in [0, 0.1) is 5.92 Å².